The fraction of sp³-hybridized carbons (Fsp3) is 0.471. The van der Waals surface area contributed by atoms with Crippen molar-refractivity contribution >= 4 is 24.0 Å². The highest BCUT2D eigenvalue weighted by Gasteiger charge is 2.24. The number of hydrogen-bond acceptors (Lipinski definition) is 5. The number of carbonyl (C=O) groups excluding carboxylic acids is 3. The number of hydrogen-bond donors (Lipinski definition) is 1. The average Bonchev–Trinajstić information content (AvgIpc) is 2.42. The fourth-order valence-electron chi connectivity index (χ4n) is 2.42. The lowest BCUT2D eigenvalue weighted by atomic mass is 9.92. The van der Waals surface area contributed by atoms with Gasteiger partial charge in [-0.3, -0.25) is 10.1 Å². The van der Waals surface area contributed by atoms with Gasteiger partial charge in [-0.2, -0.15) is 0 Å². The molecule has 0 spiro atoms. The van der Waals surface area contributed by atoms with Crippen molar-refractivity contribution in [2.24, 2.45) is 0 Å². The van der Waals surface area contributed by atoms with Crippen molar-refractivity contribution in [3.63, 3.8) is 0 Å². The summed E-state index contributed by atoms with van der Waals surface area (Å²) in [6, 6.07) is 0. The lowest BCUT2D eigenvalue weighted by Gasteiger charge is -2.22. The number of methoxy groups -OCH3 is 1. The Hall–Kier alpha value is -2.37. The third-order valence-electron chi connectivity index (χ3n) is 3.44. The van der Waals surface area contributed by atoms with Crippen LogP contribution in [0.25, 0.3) is 0 Å². The molecule has 6 heteroatoms. The molecule has 1 amide bonds. The van der Waals surface area contributed by atoms with E-state index in [-0.39, 0.29) is 5.56 Å². The molecule has 0 unspecified atom stereocenters. The van der Waals surface area contributed by atoms with Gasteiger partial charge in [0.25, 0.3) is 0 Å². The molecule has 0 aliphatic carbocycles. The summed E-state index contributed by atoms with van der Waals surface area (Å²) in [4.78, 5) is 35.4. The van der Waals surface area contributed by atoms with Gasteiger partial charge in [-0.05, 0) is 58.2 Å². The topological polar surface area (TPSA) is 81.7 Å². The number of nitrogens with one attached hydrogen (secondary N) is 1. The Morgan fingerprint density at radius 1 is 1.04 bits per heavy atom. The zero-order valence-corrected chi connectivity index (χ0v) is 14.6. The highest BCUT2D eigenvalue weighted by molar-refractivity contribution is 6.01. The van der Waals surface area contributed by atoms with E-state index >= 15 is 0 Å². The Balaban J connectivity index is 3.45. The first-order valence-electron chi connectivity index (χ1n) is 7.20. The molecule has 0 saturated carbocycles. The van der Waals surface area contributed by atoms with E-state index in [1.54, 1.807) is 41.5 Å². The molecule has 6 nitrogen and oxygen atoms in total. The lowest BCUT2D eigenvalue weighted by Crippen LogP contribution is -2.28. The minimum atomic E-state index is -0.657. The van der Waals surface area contributed by atoms with E-state index in [1.807, 2.05) is 0 Å². The van der Waals surface area contributed by atoms with Gasteiger partial charge in [-0.1, -0.05) is 0 Å². The van der Waals surface area contributed by atoms with E-state index in [9.17, 15) is 14.4 Å². The Morgan fingerprint density at radius 3 is 2.04 bits per heavy atom. The number of carbonyl (C=O) groups is 3. The van der Waals surface area contributed by atoms with E-state index in [4.69, 9.17) is 9.47 Å². The predicted molar refractivity (Wildman–Crippen MR) is 87.2 cm³/mol. The Morgan fingerprint density at radius 2 is 1.61 bits per heavy atom. The standard InChI is InChI=1S/C17H23NO5/c1-9-12(8-19)10(2)14(11(3)13(9)15(20)22-7)18-16(21)23-17(4,5)6/h8H,1-7H3,(H,18,21). The normalized spacial score (nSPS) is 10.9. The van der Waals surface area contributed by atoms with Crippen LogP contribution >= 0.6 is 0 Å². The minimum absolute atomic E-state index is 0.270. The molecule has 23 heavy (non-hydrogen) atoms. The van der Waals surface area contributed by atoms with Crippen LogP contribution in [0.4, 0.5) is 10.5 Å². The fourth-order valence-corrected chi connectivity index (χ4v) is 2.42. The molecule has 0 aromatic heterocycles. The van der Waals surface area contributed by atoms with Crippen LogP contribution < -0.4 is 5.32 Å². The number of esters is 1. The van der Waals surface area contributed by atoms with Gasteiger partial charge >= 0.3 is 12.1 Å². The monoisotopic (exact) mass is 321 g/mol. The third-order valence-corrected chi connectivity index (χ3v) is 3.44. The first-order chi connectivity index (χ1) is 10.5. The van der Waals surface area contributed by atoms with Gasteiger partial charge in [0.15, 0.2) is 6.29 Å². The van der Waals surface area contributed by atoms with Crippen LogP contribution in [0.3, 0.4) is 0 Å². The van der Waals surface area contributed by atoms with Gasteiger partial charge in [0.2, 0.25) is 0 Å². The van der Waals surface area contributed by atoms with Crippen LogP contribution in [-0.4, -0.2) is 31.1 Å². The molecule has 0 fully saturated rings. The van der Waals surface area contributed by atoms with E-state index in [0.29, 0.717) is 34.2 Å². The molecule has 0 aliphatic rings. The summed E-state index contributed by atoms with van der Waals surface area (Å²) in [6.07, 6.45) is 0.0109. The molecule has 0 atom stereocenters. The molecular weight excluding hydrogens is 298 g/mol. The number of aldehydes is 1. The van der Waals surface area contributed by atoms with Crippen molar-refractivity contribution in [3.05, 3.63) is 27.8 Å². The van der Waals surface area contributed by atoms with E-state index in [1.165, 1.54) is 7.11 Å². The van der Waals surface area contributed by atoms with Crippen molar-refractivity contribution in [1.29, 1.82) is 0 Å². The van der Waals surface area contributed by atoms with Gasteiger partial charge < -0.3 is 9.47 Å². The molecule has 1 aromatic carbocycles. The summed E-state index contributed by atoms with van der Waals surface area (Å²) in [5, 5.41) is 2.63. The third kappa shape index (κ3) is 4.09. The SMILES string of the molecule is COC(=O)c1c(C)c(C=O)c(C)c(NC(=O)OC(C)(C)C)c1C. The second kappa shape index (κ2) is 6.81. The van der Waals surface area contributed by atoms with Crippen LogP contribution in [0.2, 0.25) is 0 Å². The van der Waals surface area contributed by atoms with E-state index < -0.39 is 17.7 Å². The van der Waals surface area contributed by atoms with Crippen LogP contribution in [0, 0.1) is 20.8 Å². The van der Waals surface area contributed by atoms with Crippen molar-refractivity contribution < 1.29 is 23.9 Å². The van der Waals surface area contributed by atoms with Gasteiger partial charge in [-0.15, -0.1) is 0 Å². The molecule has 1 rings (SSSR count). The van der Waals surface area contributed by atoms with Crippen LogP contribution in [0.1, 0.15) is 58.2 Å². The summed E-state index contributed by atoms with van der Waals surface area (Å²) >= 11 is 0. The Bertz CT molecular complexity index is 656. The number of rotatable bonds is 3. The quantitative estimate of drug-likeness (QED) is 0.680. The van der Waals surface area contributed by atoms with Crippen molar-refractivity contribution in [2.45, 2.75) is 47.1 Å². The smallest absolute Gasteiger partial charge is 0.412 e. The molecular formula is C17H23NO5. The molecule has 0 heterocycles. The average molecular weight is 321 g/mol. The summed E-state index contributed by atoms with van der Waals surface area (Å²) in [5.74, 6) is -0.560. The molecule has 1 N–H and O–H groups in total. The van der Waals surface area contributed by atoms with Crippen LogP contribution in [0.15, 0.2) is 0 Å². The largest absolute Gasteiger partial charge is 0.465 e. The molecule has 0 radical (unpaired) electrons. The van der Waals surface area contributed by atoms with Crippen molar-refractivity contribution in [3.8, 4) is 0 Å². The number of amides is 1. The second-order valence-corrected chi connectivity index (χ2v) is 6.27. The number of benzene rings is 1. The van der Waals surface area contributed by atoms with Crippen LogP contribution in [-0.2, 0) is 9.47 Å². The maximum absolute atomic E-state index is 12.0. The van der Waals surface area contributed by atoms with E-state index in [0.717, 1.165) is 0 Å². The zero-order valence-electron chi connectivity index (χ0n) is 14.6. The number of anilines is 1. The molecule has 0 bridgehead atoms. The Kier molecular flexibility index (Phi) is 5.53. The van der Waals surface area contributed by atoms with Gasteiger partial charge in [0.1, 0.15) is 5.60 Å². The first kappa shape index (κ1) is 18.7. The van der Waals surface area contributed by atoms with E-state index in [2.05, 4.69) is 5.32 Å². The Labute approximate surface area is 136 Å². The highest BCUT2D eigenvalue weighted by Crippen LogP contribution is 2.31. The molecule has 1 aromatic rings. The van der Waals surface area contributed by atoms with Gasteiger partial charge in [-0.25, -0.2) is 9.59 Å². The maximum atomic E-state index is 12.0. The van der Waals surface area contributed by atoms with Crippen molar-refractivity contribution in [2.75, 3.05) is 12.4 Å². The summed E-state index contributed by atoms with van der Waals surface area (Å²) < 4.78 is 10.0. The van der Waals surface area contributed by atoms with Crippen molar-refractivity contribution in [1.82, 2.24) is 0 Å². The highest BCUT2D eigenvalue weighted by atomic mass is 16.6. The van der Waals surface area contributed by atoms with Gasteiger partial charge in [0.05, 0.1) is 18.4 Å². The van der Waals surface area contributed by atoms with Gasteiger partial charge in [0, 0.05) is 5.56 Å². The van der Waals surface area contributed by atoms with Crippen LogP contribution in [0.5, 0.6) is 0 Å². The lowest BCUT2D eigenvalue weighted by molar-refractivity contribution is 0.0594. The minimum Gasteiger partial charge on any atom is -0.465 e. The maximum Gasteiger partial charge on any atom is 0.412 e. The summed E-state index contributed by atoms with van der Waals surface area (Å²) in [5.41, 5.74) is 1.98. The first-order valence-corrected chi connectivity index (χ1v) is 7.20. The summed E-state index contributed by atoms with van der Waals surface area (Å²) in [7, 11) is 1.27. The predicted octanol–water partition coefficient (Wildman–Crippen LogP) is 3.56. The summed E-state index contributed by atoms with van der Waals surface area (Å²) in [6.45, 7) is 10.3. The molecule has 0 saturated heterocycles. The molecule has 0 aliphatic heterocycles. The zero-order chi connectivity index (χ0) is 17.9. The second-order valence-electron chi connectivity index (χ2n) is 6.27. The number of ether oxygens (including phenoxy) is 2. The molecule has 126 valence electrons.